The fourth-order valence-corrected chi connectivity index (χ4v) is 13.1. The summed E-state index contributed by atoms with van der Waals surface area (Å²) in [5, 5.41) is 23.2. The summed E-state index contributed by atoms with van der Waals surface area (Å²) in [4.78, 5) is 24.6. The van der Waals surface area contributed by atoms with Gasteiger partial charge in [0, 0.05) is 12.8 Å². The van der Waals surface area contributed by atoms with Crippen molar-refractivity contribution in [1.29, 1.82) is 0 Å². The zero-order chi connectivity index (χ0) is 64.9. The van der Waals surface area contributed by atoms with Gasteiger partial charge in [0.25, 0.3) is 0 Å². The molecule has 0 fully saturated rings. The number of allylic oxidation sites excluding steroid dienone is 5. The topological polar surface area (TPSA) is 95.9 Å². The van der Waals surface area contributed by atoms with E-state index in [1.54, 1.807) is 6.08 Å². The van der Waals surface area contributed by atoms with Crippen molar-refractivity contribution >= 4 is 11.9 Å². The van der Waals surface area contributed by atoms with Gasteiger partial charge in [0.1, 0.15) is 0 Å². The number of hydrogen-bond donors (Lipinski definition) is 3. The summed E-state index contributed by atoms with van der Waals surface area (Å²) in [6.07, 6.45) is 104. The van der Waals surface area contributed by atoms with Crippen molar-refractivity contribution in [2.24, 2.45) is 0 Å². The van der Waals surface area contributed by atoms with Gasteiger partial charge < -0.3 is 20.3 Å². The maximum absolute atomic E-state index is 12.5. The highest BCUT2D eigenvalue weighted by molar-refractivity contribution is 5.76. The first-order chi connectivity index (χ1) is 44.5. The molecule has 0 aromatic rings. The molecule has 6 nitrogen and oxygen atoms in total. The van der Waals surface area contributed by atoms with Gasteiger partial charge in [0.2, 0.25) is 5.91 Å². The van der Waals surface area contributed by atoms with E-state index in [9.17, 15) is 19.8 Å². The molecule has 0 aromatic carbocycles. The van der Waals surface area contributed by atoms with Gasteiger partial charge in [-0.3, -0.25) is 9.59 Å². The fraction of sp³-hybridized carbons (Fsp3) is 0.905. The first kappa shape index (κ1) is 88.1. The first-order valence-electron chi connectivity index (χ1n) is 41.3. The van der Waals surface area contributed by atoms with Gasteiger partial charge >= 0.3 is 5.97 Å². The maximum Gasteiger partial charge on any atom is 0.305 e. The minimum Gasteiger partial charge on any atom is -0.466 e. The molecule has 90 heavy (non-hydrogen) atoms. The number of unbranched alkanes of at least 4 members (excludes halogenated alkanes) is 63. The van der Waals surface area contributed by atoms with E-state index in [-0.39, 0.29) is 18.5 Å². The summed E-state index contributed by atoms with van der Waals surface area (Å²) in [6, 6.07) is -0.623. The third kappa shape index (κ3) is 75.1. The molecule has 0 radical (unpaired) electrons. The van der Waals surface area contributed by atoms with E-state index in [4.69, 9.17) is 4.74 Å². The number of aliphatic hydroxyl groups is 2. The summed E-state index contributed by atoms with van der Waals surface area (Å²) >= 11 is 0. The quantitative estimate of drug-likeness (QED) is 0.0320. The Balaban J connectivity index is 3.30. The minimum absolute atomic E-state index is 0.0172. The molecule has 0 aliphatic rings. The summed E-state index contributed by atoms with van der Waals surface area (Å²) < 4.78 is 5.51. The number of aliphatic hydroxyl groups excluding tert-OH is 2. The minimum atomic E-state index is -0.840. The molecule has 0 spiro atoms. The molecule has 0 bridgehead atoms. The average molecular weight is 1270 g/mol. The lowest BCUT2D eigenvalue weighted by atomic mass is 10.0. The van der Waals surface area contributed by atoms with E-state index < -0.39 is 12.1 Å². The Hall–Kier alpha value is -1.92. The van der Waals surface area contributed by atoms with E-state index in [1.807, 2.05) is 6.08 Å². The summed E-state index contributed by atoms with van der Waals surface area (Å²) in [5.74, 6) is -0.0413. The van der Waals surface area contributed by atoms with Gasteiger partial charge in [-0.15, -0.1) is 0 Å². The van der Waals surface area contributed by atoms with E-state index >= 15 is 0 Å². The number of nitrogens with one attached hydrogen (secondary N) is 1. The average Bonchev–Trinajstić information content (AvgIpc) is 3.72. The van der Waals surface area contributed by atoms with Crippen LogP contribution in [0.5, 0.6) is 0 Å². The lowest BCUT2D eigenvalue weighted by molar-refractivity contribution is -0.143. The molecule has 0 aromatic heterocycles. The van der Waals surface area contributed by atoms with Crippen molar-refractivity contribution < 1.29 is 24.5 Å². The largest absolute Gasteiger partial charge is 0.466 e. The molecular formula is C84H161NO5. The van der Waals surface area contributed by atoms with E-state index in [1.165, 1.54) is 385 Å². The SMILES string of the molecule is CCCCCC/C=C\C/C=C\CCCCCCCCCC(=O)OCCCCCCCCCCCCCCCCCCCCCCCCCCCCCCCCCCCCCCCCCC(=O)NC(CO)C(O)/C=C/CCCCCCCCCCCCCCCC. The number of carbonyl (C=O) groups is 2. The van der Waals surface area contributed by atoms with Gasteiger partial charge in [0.05, 0.1) is 25.4 Å². The first-order valence-corrected chi connectivity index (χ1v) is 41.3. The number of rotatable bonds is 78. The molecule has 0 rings (SSSR count). The summed E-state index contributed by atoms with van der Waals surface area (Å²) in [6.45, 7) is 4.93. The fourth-order valence-electron chi connectivity index (χ4n) is 13.1. The molecular weight excluding hydrogens is 1100 g/mol. The van der Waals surface area contributed by atoms with Crippen molar-refractivity contribution in [2.75, 3.05) is 13.2 Å². The van der Waals surface area contributed by atoms with Crippen LogP contribution in [0.15, 0.2) is 36.5 Å². The molecule has 0 aliphatic carbocycles. The molecule has 0 saturated heterocycles. The Morgan fingerprint density at radius 3 is 0.856 bits per heavy atom. The number of esters is 1. The second kappa shape index (κ2) is 79.5. The zero-order valence-electron chi connectivity index (χ0n) is 61.1. The van der Waals surface area contributed by atoms with E-state index in [0.29, 0.717) is 19.4 Å². The van der Waals surface area contributed by atoms with E-state index in [0.717, 1.165) is 51.4 Å². The predicted octanol–water partition coefficient (Wildman–Crippen LogP) is 27.4. The Kier molecular flexibility index (Phi) is 77.8. The molecule has 2 unspecified atom stereocenters. The van der Waals surface area contributed by atoms with Crippen molar-refractivity contribution in [2.45, 2.75) is 475 Å². The maximum atomic E-state index is 12.5. The van der Waals surface area contributed by atoms with Crippen LogP contribution < -0.4 is 5.32 Å². The van der Waals surface area contributed by atoms with Crippen LogP contribution in [0.3, 0.4) is 0 Å². The van der Waals surface area contributed by atoms with Crippen molar-refractivity contribution in [3.8, 4) is 0 Å². The molecule has 2 atom stereocenters. The lowest BCUT2D eigenvalue weighted by Crippen LogP contribution is -2.45. The highest BCUT2D eigenvalue weighted by Gasteiger charge is 2.18. The van der Waals surface area contributed by atoms with Crippen molar-refractivity contribution in [3.05, 3.63) is 36.5 Å². The lowest BCUT2D eigenvalue weighted by Gasteiger charge is -2.20. The van der Waals surface area contributed by atoms with Gasteiger partial charge in [-0.1, -0.05) is 423 Å². The number of hydrogen-bond acceptors (Lipinski definition) is 5. The van der Waals surface area contributed by atoms with Gasteiger partial charge in [0.15, 0.2) is 0 Å². The van der Waals surface area contributed by atoms with Gasteiger partial charge in [-0.25, -0.2) is 0 Å². The standard InChI is InChI=1S/C84H161NO5/c1-3-5-7-9-11-13-15-17-19-21-46-50-54-58-62-66-70-74-78-84(89)90-79-75-71-67-63-59-55-51-47-44-42-40-38-36-34-32-30-28-26-24-22-23-25-27-29-31-33-35-37-39-41-43-45-49-53-57-61-65-69-73-77-83(88)85-81(80-86)82(87)76-72-68-64-60-56-52-48-20-18-16-14-12-10-8-6-4-2/h13,15,19,21,72,76,81-82,86-87H,3-12,14,16-18,20,22-71,73-75,77-80H2,1-2H3,(H,85,88)/b15-13-,21-19-,76-72+. The van der Waals surface area contributed by atoms with Crippen LogP contribution in [0.2, 0.25) is 0 Å². The second-order valence-electron chi connectivity index (χ2n) is 28.5. The summed E-state index contributed by atoms with van der Waals surface area (Å²) in [7, 11) is 0. The Labute approximate surface area is 564 Å². The third-order valence-electron chi connectivity index (χ3n) is 19.4. The molecule has 0 saturated carbocycles. The molecule has 0 heterocycles. The Bertz CT molecular complexity index is 1460. The van der Waals surface area contributed by atoms with Crippen molar-refractivity contribution in [1.82, 2.24) is 5.32 Å². The molecule has 532 valence electrons. The van der Waals surface area contributed by atoms with Gasteiger partial charge in [-0.2, -0.15) is 0 Å². The van der Waals surface area contributed by atoms with Crippen LogP contribution >= 0.6 is 0 Å². The predicted molar refractivity (Wildman–Crippen MR) is 398 cm³/mol. The smallest absolute Gasteiger partial charge is 0.305 e. The Morgan fingerprint density at radius 2 is 0.556 bits per heavy atom. The highest BCUT2D eigenvalue weighted by Crippen LogP contribution is 2.20. The van der Waals surface area contributed by atoms with Crippen LogP contribution in [0.1, 0.15) is 463 Å². The second-order valence-corrected chi connectivity index (χ2v) is 28.5. The van der Waals surface area contributed by atoms with Crippen LogP contribution in [-0.2, 0) is 14.3 Å². The molecule has 3 N–H and O–H groups in total. The number of amides is 1. The zero-order valence-corrected chi connectivity index (χ0v) is 61.1. The van der Waals surface area contributed by atoms with Gasteiger partial charge in [-0.05, 0) is 64.2 Å². The van der Waals surface area contributed by atoms with Crippen LogP contribution in [-0.4, -0.2) is 47.4 Å². The van der Waals surface area contributed by atoms with Crippen molar-refractivity contribution in [3.63, 3.8) is 0 Å². The number of ether oxygens (including phenoxy) is 1. The van der Waals surface area contributed by atoms with Crippen LogP contribution in [0.4, 0.5) is 0 Å². The Morgan fingerprint density at radius 1 is 0.311 bits per heavy atom. The van der Waals surface area contributed by atoms with Crippen LogP contribution in [0.25, 0.3) is 0 Å². The van der Waals surface area contributed by atoms with Crippen LogP contribution in [0, 0.1) is 0 Å². The summed E-state index contributed by atoms with van der Waals surface area (Å²) in [5.41, 5.74) is 0. The monoisotopic (exact) mass is 1260 g/mol. The molecule has 0 aliphatic heterocycles. The van der Waals surface area contributed by atoms with E-state index in [2.05, 4.69) is 43.5 Å². The normalized spacial score (nSPS) is 12.6. The highest BCUT2D eigenvalue weighted by atomic mass is 16.5. The molecule has 6 heteroatoms. The third-order valence-corrected chi connectivity index (χ3v) is 19.4. The molecule has 1 amide bonds. The number of carbonyl (C=O) groups excluding carboxylic acids is 2.